The monoisotopic (exact) mass is 367 g/mol. The summed E-state index contributed by atoms with van der Waals surface area (Å²) in [6.07, 6.45) is 2.91. The molecule has 4 heteroatoms. The van der Waals surface area contributed by atoms with Gasteiger partial charge in [-0.3, -0.25) is 4.79 Å². The Balaban J connectivity index is 1.46. The summed E-state index contributed by atoms with van der Waals surface area (Å²) >= 11 is 0. The first-order valence-corrected chi connectivity index (χ1v) is 10.0. The standard InChI is InChI=1S/C23H30N2O2/c1-18(2)27-17-21-9-11-22(12-10-21)23(26)24-15-19-5-7-20(8-6-19)16-25-13-3-4-14-25/h5-12,18H,3-4,13-17H2,1-2H3,(H,24,26)/p+1. The molecule has 1 heterocycles. The van der Waals surface area contributed by atoms with E-state index in [-0.39, 0.29) is 12.0 Å². The molecule has 0 atom stereocenters. The number of nitrogens with one attached hydrogen (secondary N) is 2. The summed E-state index contributed by atoms with van der Waals surface area (Å²) in [6.45, 7) is 8.85. The zero-order valence-electron chi connectivity index (χ0n) is 16.5. The van der Waals surface area contributed by atoms with Gasteiger partial charge in [-0.25, -0.2) is 0 Å². The van der Waals surface area contributed by atoms with Gasteiger partial charge in [0.2, 0.25) is 0 Å². The summed E-state index contributed by atoms with van der Waals surface area (Å²) in [5.74, 6) is -0.0445. The van der Waals surface area contributed by atoms with Gasteiger partial charge in [0.25, 0.3) is 5.91 Å². The second kappa shape index (κ2) is 9.67. The van der Waals surface area contributed by atoms with Gasteiger partial charge in [-0.1, -0.05) is 36.4 Å². The van der Waals surface area contributed by atoms with E-state index in [2.05, 4.69) is 29.6 Å². The van der Waals surface area contributed by atoms with Crippen molar-refractivity contribution < 1.29 is 14.4 Å². The predicted molar refractivity (Wildman–Crippen MR) is 108 cm³/mol. The van der Waals surface area contributed by atoms with E-state index in [1.807, 2.05) is 38.1 Å². The molecule has 1 saturated heterocycles. The molecule has 2 aromatic carbocycles. The molecule has 144 valence electrons. The van der Waals surface area contributed by atoms with Gasteiger partial charge in [0.1, 0.15) is 6.54 Å². The van der Waals surface area contributed by atoms with Gasteiger partial charge in [-0.15, -0.1) is 0 Å². The van der Waals surface area contributed by atoms with Crippen LogP contribution in [0.25, 0.3) is 0 Å². The third kappa shape index (κ3) is 6.19. The predicted octanol–water partition coefficient (Wildman–Crippen LogP) is 2.72. The lowest BCUT2D eigenvalue weighted by Gasteiger charge is -2.12. The van der Waals surface area contributed by atoms with E-state index in [9.17, 15) is 4.79 Å². The van der Waals surface area contributed by atoms with Crippen molar-refractivity contribution in [3.8, 4) is 0 Å². The van der Waals surface area contributed by atoms with E-state index in [4.69, 9.17) is 4.74 Å². The van der Waals surface area contributed by atoms with Gasteiger partial charge in [0.05, 0.1) is 25.8 Å². The lowest BCUT2D eigenvalue weighted by atomic mass is 10.1. The number of carbonyl (C=O) groups is 1. The number of amides is 1. The van der Waals surface area contributed by atoms with Gasteiger partial charge >= 0.3 is 0 Å². The van der Waals surface area contributed by atoms with Crippen molar-refractivity contribution in [2.24, 2.45) is 0 Å². The number of hydrogen-bond acceptors (Lipinski definition) is 2. The fourth-order valence-electron chi connectivity index (χ4n) is 3.42. The zero-order chi connectivity index (χ0) is 19.1. The molecule has 1 fully saturated rings. The first-order valence-electron chi connectivity index (χ1n) is 10.0. The Hall–Kier alpha value is -2.17. The van der Waals surface area contributed by atoms with Crippen LogP contribution in [-0.4, -0.2) is 25.1 Å². The second-order valence-electron chi connectivity index (χ2n) is 7.69. The van der Waals surface area contributed by atoms with E-state index in [0.29, 0.717) is 18.7 Å². The molecule has 0 aliphatic carbocycles. The Labute approximate surface area is 162 Å². The smallest absolute Gasteiger partial charge is 0.251 e. The highest BCUT2D eigenvalue weighted by atomic mass is 16.5. The van der Waals surface area contributed by atoms with E-state index in [0.717, 1.165) is 17.7 Å². The van der Waals surface area contributed by atoms with Crippen LogP contribution in [0.15, 0.2) is 48.5 Å². The number of ether oxygens (including phenoxy) is 1. The largest absolute Gasteiger partial charge is 0.374 e. The molecule has 0 radical (unpaired) electrons. The highest BCUT2D eigenvalue weighted by Gasteiger charge is 2.15. The van der Waals surface area contributed by atoms with Crippen LogP contribution in [0.1, 0.15) is 53.7 Å². The van der Waals surface area contributed by atoms with Crippen molar-refractivity contribution in [2.75, 3.05) is 13.1 Å². The zero-order valence-corrected chi connectivity index (χ0v) is 16.5. The maximum Gasteiger partial charge on any atom is 0.251 e. The van der Waals surface area contributed by atoms with Gasteiger partial charge in [-0.2, -0.15) is 0 Å². The summed E-state index contributed by atoms with van der Waals surface area (Å²) in [6, 6.07) is 16.2. The van der Waals surface area contributed by atoms with Crippen molar-refractivity contribution in [1.82, 2.24) is 5.32 Å². The SMILES string of the molecule is CC(C)OCc1ccc(C(=O)NCc2ccc(C[NH+]3CCCC3)cc2)cc1. The number of rotatable bonds is 8. The molecule has 0 saturated carbocycles. The van der Waals surface area contributed by atoms with Crippen LogP contribution in [0.3, 0.4) is 0 Å². The maximum absolute atomic E-state index is 12.3. The van der Waals surface area contributed by atoms with Crippen LogP contribution in [0, 0.1) is 0 Å². The maximum atomic E-state index is 12.3. The number of carbonyl (C=O) groups excluding carboxylic acids is 1. The Morgan fingerprint density at radius 3 is 2.19 bits per heavy atom. The molecule has 1 aliphatic heterocycles. The lowest BCUT2D eigenvalue weighted by molar-refractivity contribution is -0.901. The average molecular weight is 368 g/mol. The first-order chi connectivity index (χ1) is 13.1. The fraction of sp³-hybridized carbons (Fsp3) is 0.435. The highest BCUT2D eigenvalue weighted by Crippen LogP contribution is 2.08. The lowest BCUT2D eigenvalue weighted by Crippen LogP contribution is -3.08. The Bertz CT molecular complexity index is 717. The summed E-state index contributed by atoms with van der Waals surface area (Å²) in [7, 11) is 0. The van der Waals surface area contributed by atoms with Crippen LogP contribution in [0.5, 0.6) is 0 Å². The molecule has 0 bridgehead atoms. The van der Waals surface area contributed by atoms with Gasteiger partial charge < -0.3 is 15.0 Å². The van der Waals surface area contributed by atoms with Gasteiger partial charge in [-0.05, 0) is 37.1 Å². The normalized spacial score (nSPS) is 14.6. The minimum Gasteiger partial charge on any atom is -0.374 e. The van der Waals surface area contributed by atoms with E-state index in [1.54, 1.807) is 4.90 Å². The molecule has 0 spiro atoms. The molecule has 27 heavy (non-hydrogen) atoms. The average Bonchev–Trinajstić information content (AvgIpc) is 3.19. The molecule has 1 amide bonds. The van der Waals surface area contributed by atoms with Crippen molar-refractivity contribution in [3.63, 3.8) is 0 Å². The van der Waals surface area contributed by atoms with Gasteiger partial charge in [0.15, 0.2) is 0 Å². The molecule has 2 N–H and O–H groups in total. The molecule has 3 rings (SSSR count). The molecule has 0 unspecified atom stereocenters. The second-order valence-corrected chi connectivity index (χ2v) is 7.69. The minimum absolute atomic E-state index is 0.0445. The Morgan fingerprint density at radius 1 is 0.963 bits per heavy atom. The summed E-state index contributed by atoms with van der Waals surface area (Å²) in [5, 5.41) is 3.00. The van der Waals surface area contributed by atoms with Gasteiger partial charge in [0, 0.05) is 30.5 Å². The quantitative estimate of drug-likeness (QED) is 0.753. The third-order valence-corrected chi connectivity index (χ3v) is 5.04. The van der Waals surface area contributed by atoms with Crippen LogP contribution < -0.4 is 10.2 Å². The van der Waals surface area contributed by atoms with Crippen LogP contribution in [-0.2, 0) is 24.4 Å². The Morgan fingerprint density at radius 2 is 1.56 bits per heavy atom. The summed E-state index contributed by atoms with van der Waals surface area (Å²) < 4.78 is 5.58. The fourth-order valence-corrected chi connectivity index (χ4v) is 3.42. The molecule has 2 aromatic rings. The summed E-state index contributed by atoms with van der Waals surface area (Å²) in [4.78, 5) is 14.0. The van der Waals surface area contributed by atoms with E-state index < -0.39 is 0 Å². The van der Waals surface area contributed by atoms with E-state index >= 15 is 0 Å². The van der Waals surface area contributed by atoms with Crippen molar-refractivity contribution in [1.29, 1.82) is 0 Å². The molecule has 1 aliphatic rings. The van der Waals surface area contributed by atoms with E-state index in [1.165, 1.54) is 31.5 Å². The molecular weight excluding hydrogens is 336 g/mol. The topological polar surface area (TPSA) is 42.8 Å². The number of likely N-dealkylation sites (tertiary alicyclic amines) is 1. The van der Waals surface area contributed by atoms with Crippen LogP contribution in [0.2, 0.25) is 0 Å². The summed E-state index contributed by atoms with van der Waals surface area (Å²) in [5.41, 5.74) is 4.26. The van der Waals surface area contributed by atoms with Crippen LogP contribution in [0.4, 0.5) is 0 Å². The number of benzene rings is 2. The van der Waals surface area contributed by atoms with Crippen LogP contribution >= 0.6 is 0 Å². The minimum atomic E-state index is -0.0445. The Kier molecular flexibility index (Phi) is 7.02. The highest BCUT2D eigenvalue weighted by molar-refractivity contribution is 5.94. The first kappa shape index (κ1) is 19.6. The molecule has 0 aromatic heterocycles. The van der Waals surface area contributed by atoms with Crippen molar-refractivity contribution in [3.05, 3.63) is 70.8 Å². The van der Waals surface area contributed by atoms with Crippen molar-refractivity contribution in [2.45, 2.75) is 52.5 Å². The molecular formula is C23H31N2O2+. The molecule has 4 nitrogen and oxygen atoms in total. The van der Waals surface area contributed by atoms with Crippen molar-refractivity contribution >= 4 is 5.91 Å². The number of quaternary nitrogens is 1. The third-order valence-electron chi connectivity index (χ3n) is 5.04. The number of hydrogen-bond donors (Lipinski definition) is 2.